The van der Waals surface area contributed by atoms with Gasteiger partial charge in [0.05, 0.1) is 11.0 Å². The number of aliphatic carboxylic acids is 1. The Morgan fingerprint density at radius 3 is 2.75 bits per heavy atom. The largest absolute Gasteiger partial charge is 0.479 e. The molecule has 2 aliphatic rings. The number of fused-ring (bicyclic) bond motifs is 1. The normalized spacial score (nSPS) is 29.4. The van der Waals surface area contributed by atoms with Gasteiger partial charge >= 0.3 is 5.97 Å². The third kappa shape index (κ3) is 2.95. The topological polar surface area (TPSA) is 127 Å². The number of nitro benzene ring substituents is 1. The molecule has 1 N–H and O–H groups in total. The molecule has 2 fully saturated rings. The summed E-state index contributed by atoms with van der Waals surface area (Å²) in [5, 5.41) is 21.3. The Labute approximate surface area is 161 Å². The first kappa shape index (κ1) is 19.9. The number of carbonyl (C=O) groups is 3. The number of nitro groups is 1. The van der Waals surface area contributed by atoms with E-state index in [0.29, 0.717) is 24.8 Å². The van der Waals surface area contributed by atoms with Gasteiger partial charge in [-0.1, -0.05) is 12.1 Å². The molecule has 1 aromatic rings. The lowest BCUT2D eigenvalue weighted by Gasteiger charge is -2.37. The summed E-state index contributed by atoms with van der Waals surface area (Å²) >= 11 is 0. The van der Waals surface area contributed by atoms with E-state index in [1.807, 2.05) is 0 Å². The van der Waals surface area contributed by atoms with Crippen LogP contribution >= 0.6 is 0 Å². The number of likely N-dealkylation sites (tertiary alicyclic amines) is 1. The predicted molar refractivity (Wildman–Crippen MR) is 96.4 cm³/mol. The highest BCUT2D eigenvalue weighted by Crippen LogP contribution is 2.55. The number of benzene rings is 1. The molecule has 0 bridgehead atoms. The van der Waals surface area contributed by atoms with Gasteiger partial charge in [-0.25, -0.2) is 4.79 Å². The fourth-order valence-corrected chi connectivity index (χ4v) is 4.77. The third-order valence-electron chi connectivity index (χ3n) is 5.98. The van der Waals surface area contributed by atoms with Gasteiger partial charge in [0.15, 0.2) is 0 Å². The number of nitrogens with zero attached hydrogens (tertiary/aromatic N) is 2. The monoisotopic (exact) mass is 390 g/mol. The van der Waals surface area contributed by atoms with E-state index in [9.17, 15) is 29.6 Å². The van der Waals surface area contributed by atoms with E-state index in [1.54, 1.807) is 6.07 Å². The summed E-state index contributed by atoms with van der Waals surface area (Å²) in [6.07, 6.45) is 1.34. The van der Waals surface area contributed by atoms with E-state index in [1.165, 1.54) is 37.1 Å². The van der Waals surface area contributed by atoms with E-state index < -0.39 is 40.2 Å². The van der Waals surface area contributed by atoms with Gasteiger partial charge in [-0.3, -0.25) is 19.7 Å². The fourth-order valence-electron chi connectivity index (χ4n) is 4.77. The molecule has 4 atom stereocenters. The number of carboxylic acid groups (broad SMARTS) is 1. The lowest BCUT2D eigenvalue weighted by Crippen LogP contribution is -2.55. The average Bonchev–Trinajstić information content (AvgIpc) is 2.94. The zero-order chi connectivity index (χ0) is 20.6. The zero-order valence-corrected chi connectivity index (χ0v) is 15.7. The molecule has 0 radical (unpaired) electrons. The lowest BCUT2D eigenvalue weighted by atomic mass is 9.70. The molecule has 1 amide bonds. The average molecular weight is 390 g/mol. The van der Waals surface area contributed by atoms with E-state index >= 15 is 0 Å². The van der Waals surface area contributed by atoms with Gasteiger partial charge in [0.25, 0.3) is 5.69 Å². The summed E-state index contributed by atoms with van der Waals surface area (Å²) in [5.74, 6) is -3.18. The number of carbonyl (C=O) groups excluding carboxylic acids is 2. The molecule has 1 saturated heterocycles. The highest BCUT2D eigenvalue weighted by Gasteiger charge is 2.64. The van der Waals surface area contributed by atoms with Crippen LogP contribution in [0.5, 0.6) is 0 Å². The van der Waals surface area contributed by atoms with Crippen LogP contribution in [0.2, 0.25) is 0 Å². The summed E-state index contributed by atoms with van der Waals surface area (Å²) in [4.78, 5) is 49.9. The lowest BCUT2D eigenvalue weighted by molar-refractivity contribution is -0.385. The van der Waals surface area contributed by atoms with Crippen LogP contribution in [-0.2, 0) is 19.1 Å². The summed E-state index contributed by atoms with van der Waals surface area (Å²) < 4.78 is 4.94. The second-order valence-corrected chi connectivity index (χ2v) is 7.44. The second kappa shape index (κ2) is 7.31. The smallest absolute Gasteiger partial charge is 0.329 e. The fraction of sp³-hybridized carbons (Fsp3) is 0.526. The Morgan fingerprint density at radius 2 is 2.14 bits per heavy atom. The summed E-state index contributed by atoms with van der Waals surface area (Å²) in [7, 11) is 1.33. The van der Waals surface area contributed by atoms with Crippen molar-refractivity contribution in [3.05, 3.63) is 39.9 Å². The SMILES string of the molecule is COCC(=O)N1C(c2cccc([N+](=O)[O-])c2)C2C(=O)CCCC2C1(C)C(=O)O. The van der Waals surface area contributed by atoms with Crippen molar-refractivity contribution in [2.75, 3.05) is 13.7 Å². The van der Waals surface area contributed by atoms with Crippen molar-refractivity contribution < 1.29 is 29.2 Å². The Hall–Kier alpha value is -2.81. The van der Waals surface area contributed by atoms with Crippen LogP contribution in [0.15, 0.2) is 24.3 Å². The van der Waals surface area contributed by atoms with Gasteiger partial charge in [-0.15, -0.1) is 0 Å². The molecular weight excluding hydrogens is 368 g/mol. The summed E-state index contributed by atoms with van der Waals surface area (Å²) in [6, 6.07) is 4.81. The number of hydrogen-bond acceptors (Lipinski definition) is 6. The molecule has 9 nitrogen and oxygen atoms in total. The van der Waals surface area contributed by atoms with E-state index in [4.69, 9.17) is 4.74 Å². The van der Waals surface area contributed by atoms with Crippen LogP contribution < -0.4 is 0 Å². The Morgan fingerprint density at radius 1 is 1.43 bits per heavy atom. The summed E-state index contributed by atoms with van der Waals surface area (Å²) in [6.45, 7) is 1.11. The molecule has 9 heteroatoms. The zero-order valence-electron chi connectivity index (χ0n) is 15.7. The molecule has 3 rings (SSSR count). The number of ether oxygens (including phenoxy) is 1. The molecule has 28 heavy (non-hydrogen) atoms. The number of Topliss-reactive ketones (excluding diaryl/α,β-unsaturated/α-hetero) is 1. The minimum atomic E-state index is -1.61. The first-order valence-electron chi connectivity index (χ1n) is 9.05. The van der Waals surface area contributed by atoms with E-state index in [0.717, 1.165) is 0 Å². The molecule has 1 aliphatic carbocycles. The van der Waals surface area contributed by atoms with Crippen molar-refractivity contribution in [1.82, 2.24) is 4.90 Å². The van der Waals surface area contributed by atoms with Crippen LogP contribution in [0, 0.1) is 22.0 Å². The standard InChI is InChI=1S/C19H22N2O7/c1-19(18(24)25)13-7-4-8-14(22)16(13)17(20(19)15(23)10-28-2)11-5-3-6-12(9-11)21(26)27/h3,5-6,9,13,16-17H,4,7-8,10H2,1-2H3,(H,24,25). The first-order valence-corrected chi connectivity index (χ1v) is 9.05. The van der Waals surface area contributed by atoms with Crippen LogP contribution in [0.1, 0.15) is 37.8 Å². The molecule has 4 unspecified atom stereocenters. The molecular formula is C19H22N2O7. The number of carboxylic acids is 1. The van der Waals surface area contributed by atoms with Gasteiger partial charge in [-0.2, -0.15) is 0 Å². The van der Waals surface area contributed by atoms with Crippen molar-refractivity contribution >= 4 is 23.3 Å². The molecule has 1 saturated carbocycles. The second-order valence-electron chi connectivity index (χ2n) is 7.44. The number of amides is 1. The van der Waals surface area contributed by atoms with Crippen molar-refractivity contribution in [2.45, 2.75) is 37.8 Å². The van der Waals surface area contributed by atoms with Crippen LogP contribution in [0.25, 0.3) is 0 Å². The van der Waals surface area contributed by atoms with Crippen LogP contribution in [0.4, 0.5) is 5.69 Å². The maximum atomic E-state index is 12.9. The van der Waals surface area contributed by atoms with Crippen molar-refractivity contribution in [3.63, 3.8) is 0 Å². The molecule has 0 spiro atoms. The van der Waals surface area contributed by atoms with Gasteiger partial charge in [-0.05, 0) is 25.3 Å². The van der Waals surface area contributed by atoms with E-state index in [2.05, 4.69) is 0 Å². The number of non-ortho nitro benzene ring substituents is 1. The molecule has 1 aliphatic heterocycles. The Balaban J connectivity index is 2.21. The predicted octanol–water partition coefficient (Wildman–Crippen LogP) is 1.95. The highest BCUT2D eigenvalue weighted by molar-refractivity contribution is 5.93. The minimum Gasteiger partial charge on any atom is -0.479 e. The van der Waals surface area contributed by atoms with Gasteiger partial charge in [0.2, 0.25) is 5.91 Å². The number of ketones is 1. The third-order valence-corrected chi connectivity index (χ3v) is 5.98. The number of hydrogen-bond donors (Lipinski definition) is 1. The first-order chi connectivity index (χ1) is 13.2. The van der Waals surface area contributed by atoms with Crippen molar-refractivity contribution in [1.29, 1.82) is 0 Å². The number of methoxy groups -OCH3 is 1. The number of rotatable bonds is 5. The van der Waals surface area contributed by atoms with E-state index in [-0.39, 0.29) is 18.1 Å². The maximum absolute atomic E-state index is 12.9. The Bertz CT molecular complexity index is 839. The molecule has 150 valence electrons. The highest BCUT2D eigenvalue weighted by atomic mass is 16.6. The maximum Gasteiger partial charge on any atom is 0.329 e. The molecule has 0 aromatic heterocycles. The van der Waals surface area contributed by atoms with Crippen LogP contribution in [-0.4, -0.2) is 51.8 Å². The van der Waals surface area contributed by atoms with Crippen molar-refractivity contribution in [2.24, 2.45) is 11.8 Å². The van der Waals surface area contributed by atoms with Gasteiger partial charge in [0.1, 0.15) is 17.9 Å². The minimum absolute atomic E-state index is 0.118. The quantitative estimate of drug-likeness (QED) is 0.601. The van der Waals surface area contributed by atoms with Gasteiger partial charge in [0, 0.05) is 37.5 Å². The van der Waals surface area contributed by atoms with Crippen LogP contribution in [0.3, 0.4) is 0 Å². The molecule has 1 heterocycles. The van der Waals surface area contributed by atoms with Crippen molar-refractivity contribution in [3.8, 4) is 0 Å². The Kier molecular flexibility index (Phi) is 5.20. The summed E-state index contributed by atoms with van der Waals surface area (Å²) in [5.41, 5.74) is -1.40. The van der Waals surface area contributed by atoms with Gasteiger partial charge < -0.3 is 14.7 Å². The molecule has 1 aromatic carbocycles.